The van der Waals surface area contributed by atoms with Crippen LogP contribution in [0.25, 0.3) is 0 Å². The van der Waals surface area contributed by atoms with E-state index in [4.69, 9.17) is 4.74 Å². The molecular formula is C15H21N3O3. The van der Waals surface area contributed by atoms with Gasteiger partial charge in [0, 0.05) is 13.6 Å². The van der Waals surface area contributed by atoms with Crippen LogP contribution >= 0.6 is 0 Å². The van der Waals surface area contributed by atoms with Crippen molar-refractivity contribution in [1.82, 2.24) is 5.32 Å². The third-order valence-corrected chi connectivity index (χ3v) is 3.04. The zero-order valence-corrected chi connectivity index (χ0v) is 12.8. The van der Waals surface area contributed by atoms with Crippen LogP contribution in [0.2, 0.25) is 0 Å². The van der Waals surface area contributed by atoms with Gasteiger partial charge in [0.25, 0.3) is 0 Å². The molecule has 0 aliphatic carbocycles. The normalized spacial score (nSPS) is 18.4. The predicted octanol–water partition coefficient (Wildman–Crippen LogP) is 1.97. The van der Waals surface area contributed by atoms with Crippen LogP contribution in [-0.2, 0) is 9.53 Å². The summed E-state index contributed by atoms with van der Waals surface area (Å²) in [4.78, 5) is 26.0. The molecular weight excluding hydrogens is 270 g/mol. The zero-order chi connectivity index (χ0) is 15.6. The van der Waals surface area contributed by atoms with Crippen molar-refractivity contribution < 1.29 is 14.3 Å². The van der Waals surface area contributed by atoms with Crippen molar-refractivity contribution >= 4 is 23.4 Å². The minimum Gasteiger partial charge on any atom is -0.444 e. The molecule has 0 saturated carbocycles. The van der Waals surface area contributed by atoms with Gasteiger partial charge in [-0.25, -0.2) is 4.79 Å². The molecule has 2 amide bonds. The lowest BCUT2D eigenvalue weighted by Gasteiger charge is -2.24. The Morgan fingerprint density at radius 2 is 2.05 bits per heavy atom. The Labute approximate surface area is 124 Å². The third-order valence-electron chi connectivity index (χ3n) is 3.04. The van der Waals surface area contributed by atoms with E-state index >= 15 is 0 Å². The fourth-order valence-corrected chi connectivity index (χ4v) is 2.15. The van der Waals surface area contributed by atoms with Gasteiger partial charge in [-0.15, -0.1) is 0 Å². The van der Waals surface area contributed by atoms with E-state index in [2.05, 4.69) is 10.6 Å². The van der Waals surface area contributed by atoms with E-state index in [-0.39, 0.29) is 5.91 Å². The van der Waals surface area contributed by atoms with E-state index in [1.165, 1.54) is 0 Å². The molecule has 0 radical (unpaired) electrons. The Bertz CT molecular complexity index is 551. The summed E-state index contributed by atoms with van der Waals surface area (Å²) in [6, 6.07) is 6.85. The first-order valence-electron chi connectivity index (χ1n) is 6.87. The van der Waals surface area contributed by atoms with Crippen LogP contribution in [0.3, 0.4) is 0 Å². The number of rotatable bonds is 1. The second kappa shape index (κ2) is 5.63. The molecule has 1 heterocycles. The van der Waals surface area contributed by atoms with E-state index in [1.54, 1.807) is 20.8 Å². The Kier molecular flexibility index (Phi) is 4.06. The van der Waals surface area contributed by atoms with E-state index in [9.17, 15) is 9.59 Å². The molecule has 0 bridgehead atoms. The molecule has 1 aliphatic rings. The first-order chi connectivity index (χ1) is 9.76. The van der Waals surface area contributed by atoms with Gasteiger partial charge in [0.2, 0.25) is 5.91 Å². The Morgan fingerprint density at radius 1 is 1.38 bits per heavy atom. The Hall–Kier alpha value is -2.24. The number of ether oxygens (including phenoxy) is 1. The van der Waals surface area contributed by atoms with Crippen molar-refractivity contribution in [3.8, 4) is 0 Å². The molecule has 0 fully saturated rings. The van der Waals surface area contributed by atoms with Crippen LogP contribution in [0.4, 0.5) is 16.2 Å². The van der Waals surface area contributed by atoms with Crippen molar-refractivity contribution in [3.63, 3.8) is 0 Å². The summed E-state index contributed by atoms with van der Waals surface area (Å²) < 4.78 is 5.19. The standard InChI is InChI=1S/C15H21N3O3/c1-15(2,3)21-14(20)17-11-9-18(4)12-8-6-5-7-10(12)16-13(11)19/h5-8,11H,9H2,1-4H3,(H,16,19)(H,17,20). The summed E-state index contributed by atoms with van der Waals surface area (Å²) in [5.74, 6) is -0.252. The van der Waals surface area contributed by atoms with Crippen LogP contribution in [-0.4, -0.2) is 37.2 Å². The number of nitrogens with one attached hydrogen (secondary N) is 2. The molecule has 1 aromatic carbocycles. The number of alkyl carbamates (subject to hydrolysis) is 1. The summed E-state index contributed by atoms with van der Waals surface area (Å²) in [6.45, 7) is 5.72. The van der Waals surface area contributed by atoms with Crippen molar-refractivity contribution in [1.29, 1.82) is 0 Å². The van der Waals surface area contributed by atoms with Gasteiger partial charge in [0.1, 0.15) is 11.6 Å². The van der Waals surface area contributed by atoms with E-state index in [1.807, 2.05) is 36.2 Å². The maximum Gasteiger partial charge on any atom is 0.408 e. The van der Waals surface area contributed by atoms with Gasteiger partial charge < -0.3 is 20.3 Å². The van der Waals surface area contributed by atoms with Crippen molar-refractivity contribution in [2.24, 2.45) is 0 Å². The van der Waals surface area contributed by atoms with Crippen LogP contribution in [0.1, 0.15) is 20.8 Å². The van der Waals surface area contributed by atoms with Gasteiger partial charge >= 0.3 is 6.09 Å². The molecule has 114 valence electrons. The molecule has 6 heteroatoms. The zero-order valence-electron chi connectivity index (χ0n) is 12.8. The number of hydrogen-bond donors (Lipinski definition) is 2. The number of hydrogen-bond acceptors (Lipinski definition) is 4. The predicted molar refractivity (Wildman–Crippen MR) is 81.5 cm³/mol. The smallest absolute Gasteiger partial charge is 0.408 e. The number of carbonyl (C=O) groups is 2. The number of likely N-dealkylation sites (N-methyl/N-ethyl adjacent to an activating group) is 1. The van der Waals surface area contributed by atoms with Crippen LogP contribution < -0.4 is 15.5 Å². The molecule has 1 atom stereocenters. The van der Waals surface area contributed by atoms with E-state index in [0.29, 0.717) is 6.54 Å². The van der Waals surface area contributed by atoms with Gasteiger partial charge in [0.15, 0.2) is 0 Å². The fourth-order valence-electron chi connectivity index (χ4n) is 2.15. The van der Waals surface area contributed by atoms with Gasteiger partial charge in [0.05, 0.1) is 11.4 Å². The van der Waals surface area contributed by atoms with Gasteiger partial charge in [-0.3, -0.25) is 4.79 Å². The maximum atomic E-state index is 12.2. The quantitative estimate of drug-likeness (QED) is 0.830. The van der Waals surface area contributed by atoms with Crippen molar-refractivity contribution in [3.05, 3.63) is 24.3 Å². The van der Waals surface area contributed by atoms with Gasteiger partial charge in [-0.05, 0) is 32.9 Å². The molecule has 2 N–H and O–H groups in total. The highest BCUT2D eigenvalue weighted by atomic mass is 16.6. The first-order valence-corrected chi connectivity index (χ1v) is 6.87. The monoisotopic (exact) mass is 291 g/mol. The molecule has 1 aromatic rings. The molecule has 0 saturated heterocycles. The summed E-state index contributed by atoms with van der Waals surface area (Å²) in [5.41, 5.74) is 1.05. The van der Waals surface area contributed by atoms with Crippen LogP contribution in [0.15, 0.2) is 24.3 Å². The third kappa shape index (κ3) is 3.87. The number of anilines is 2. The SMILES string of the molecule is CN1CC(NC(=O)OC(C)(C)C)C(=O)Nc2ccccc21. The first kappa shape index (κ1) is 15.2. The highest BCUT2D eigenvalue weighted by Crippen LogP contribution is 2.27. The Balaban J connectivity index is 2.10. The number of para-hydroxylation sites is 2. The number of carbonyl (C=O) groups excluding carboxylic acids is 2. The number of nitrogens with zero attached hydrogens (tertiary/aromatic N) is 1. The highest BCUT2D eigenvalue weighted by Gasteiger charge is 2.29. The summed E-state index contributed by atoms with van der Waals surface area (Å²) >= 11 is 0. The Morgan fingerprint density at radius 3 is 2.71 bits per heavy atom. The van der Waals surface area contributed by atoms with Crippen LogP contribution in [0, 0.1) is 0 Å². The van der Waals surface area contributed by atoms with E-state index in [0.717, 1.165) is 11.4 Å². The average molecular weight is 291 g/mol. The van der Waals surface area contributed by atoms with E-state index < -0.39 is 17.7 Å². The highest BCUT2D eigenvalue weighted by molar-refractivity contribution is 6.01. The number of benzene rings is 1. The van der Waals surface area contributed by atoms with Crippen molar-refractivity contribution in [2.45, 2.75) is 32.4 Å². The minimum atomic E-state index is -0.669. The van der Waals surface area contributed by atoms with Gasteiger partial charge in [-0.2, -0.15) is 0 Å². The second-order valence-corrected chi connectivity index (χ2v) is 6.09. The fraction of sp³-hybridized carbons (Fsp3) is 0.467. The number of amides is 2. The minimum absolute atomic E-state index is 0.252. The lowest BCUT2D eigenvalue weighted by atomic mass is 10.2. The second-order valence-electron chi connectivity index (χ2n) is 6.09. The van der Waals surface area contributed by atoms with Crippen LogP contribution in [0.5, 0.6) is 0 Å². The van der Waals surface area contributed by atoms with Gasteiger partial charge in [-0.1, -0.05) is 12.1 Å². The molecule has 1 unspecified atom stereocenters. The topological polar surface area (TPSA) is 70.7 Å². The number of fused-ring (bicyclic) bond motifs is 1. The van der Waals surface area contributed by atoms with Crippen molar-refractivity contribution in [2.75, 3.05) is 23.8 Å². The largest absolute Gasteiger partial charge is 0.444 e. The lowest BCUT2D eigenvalue weighted by Crippen LogP contribution is -2.49. The maximum absolute atomic E-state index is 12.2. The molecule has 0 aromatic heterocycles. The molecule has 1 aliphatic heterocycles. The molecule has 0 spiro atoms. The summed E-state index contributed by atoms with van der Waals surface area (Å²) in [7, 11) is 1.88. The lowest BCUT2D eigenvalue weighted by molar-refractivity contribution is -0.117. The molecule has 2 rings (SSSR count). The molecule has 6 nitrogen and oxygen atoms in total. The summed E-state index contributed by atoms with van der Waals surface area (Å²) in [5, 5.41) is 5.44. The average Bonchev–Trinajstić information content (AvgIpc) is 2.46. The summed E-state index contributed by atoms with van der Waals surface area (Å²) in [6.07, 6.45) is -0.595. The molecule has 21 heavy (non-hydrogen) atoms.